The summed E-state index contributed by atoms with van der Waals surface area (Å²) >= 11 is 0. The number of nitrogens with two attached hydrogens (primary N) is 1. The lowest BCUT2D eigenvalue weighted by Gasteiger charge is -2.17. The Morgan fingerprint density at radius 3 is 2.80 bits per heavy atom. The molecule has 2 N–H and O–H groups in total. The van der Waals surface area contributed by atoms with Crippen molar-refractivity contribution in [3.8, 4) is 0 Å². The molecule has 3 unspecified atom stereocenters. The van der Waals surface area contributed by atoms with Crippen LogP contribution in [0.5, 0.6) is 0 Å². The largest absolute Gasteiger partial charge is 0.378 e. The highest BCUT2D eigenvalue weighted by Gasteiger charge is 2.24. The first kappa shape index (κ1) is 11.4. The Morgan fingerprint density at radius 1 is 1.20 bits per heavy atom. The maximum atomic E-state index is 5.93. The van der Waals surface area contributed by atoms with E-state index in [0.717, 1.165) is 38.9 Å². The lowest BCUT2D eigenvalue weighted by Crippen LogP contribution is -2.31. The van der Waals surface area contributed by atoms with Crippen molar-refractivity contribution in [2.45, 2.75) is 63.2 Å². The van der Waals surface area contributed by atoms with Crippen LogP contribution in [0, 0.1) is 0 Å². The third-order valence-corrected chi connectivity index (χ3v) is 3.53. The second kappa shape index (κ2) is 5.83. The summed E-state index contributed by atoms with van der Waals surface area (Å²) in [7, 11) is 0. The number of ether oxygens (including phenoxy) is 2. The van der Waals surface area contributed by atoms with Crippen molar-refractivity contribution in [1.82, 2.24) is 0 Å². The number of hydrogen-bond donors (Lipinski definition) is 1. The molecule has 1 saturated heterocycles. The molecule has 1 heterocycles. The molecule has 1 saturated carbocycles. The van der Waals surface area contributed by atoms with Crippen molar-refractivity contribution >= 4 is 0 Å². The zero-order valence-electron chi connectivity index (χ0n) is 9.49. The average molecular weight is 213 g/mol. The van der Waals surface area contributed by atoms with E-state index in [1.807, 2.05) is 0 Å². The molecule has 88 valence electrons. The SMILES string of the molecule is NC1CCCC1OCCCC1CCCO1. The van der Waals surface area contributed by atoms with Crippen molar-refractivity contribution in [2.24, 2.45) is 5.73 Å². The standard InChI is InChI=1S/C12H23NO2/c13-11-6-1-7-12(11)15-9-3-5-10-4-2-8-14-10/h10-12H,1-9,13H2. The topological polar surface area (TPSA) is 44.5 Å². The molecule has 2 aliphatic rings. The molecule has 2 fully saturated rings. The van der Waals surface area contributed by atoms with Crippen LogP contribution in [-0.2, 0) is 9.47 Å². The normalized spacial score (nSPS) is 36.2. The monoisotopic (exact) mass is 213 g/mol. The fourth-order valence-corrected chi connectivity index (χ4v) is 2.58. The van der Waals surface area contributed by atoms with Gasteiger partial charge in [0.1, 0.15) is 0 Å². The van der Waals surface area contributed by atoms with E-state index in [4.69, 9.17) is 15.2 Å². The summed E-state index contributed by atoms with van der Waals surface area (Å²) in [6.07, 6.45) is 9.10. The van der Waals surface area contributed by atoms with E-state index >= 15 is 0 Å². The van der Waals surface area contributed by atoms with Gasteiger partial charge in [-0.1, -0.05) is 0 Å². The van der Waals surface area contributed by atoms with Crippen LogP contribution in [0.2, 0.25) is 0 Å². The molecular weight excluding hydrogens is 190 g/mol. The van der Waals surface area contributed by atoms with Crippen molar-refractivity contribution in [2.75, 3.05) is 13.2 Å². The Bertz CT molecular complexity index is 180. The minimum absolute atomic E-state index is 0.285. The molecule has 3 atom stereocenters. The molecule has 3 heteroatoms. The lowest BCUT2D eigenvalue weighted by molar-refractivity contribution is 0.0348. The summed E-state index contributed by atoms with van der Waals surface area (Å²) in [4.78, 5) is 0. The maximum absolute atomic E-state index is 5.93. The van der Waals surface area contributed by atoms with E-state index in [2.05, 4.69) is 0 Å². The Hall–Kier alpha value is -0.120. The van der Waals surface area contributed by atoms with Crippen LogP contribution < -0.4 is 5.73 Å². The zero-order valence-corrected chi connectivity index (χ0v) is 9.49. The summed E-state index contributed by atoms with van der Waals surface area (Å²) in [6.45, 7) is 1.82. The van der Waals surface area contributed by atoms with Gasteiger partial charge < -0.3 is 15.2 Å². The van der Waals surface area contributed by atoms with E-state index in [9.17, 15) is 0 Å². The molecule has 1 aliphatic carbocycles. The van der Waals surface area contributed by atoms with Gasteiger partial charge in [0.2, 0.25) is 0 Å². The molecule has 0 radical (unpaired) electrons. The molecule has 2 rings (SSSR count). The molecule has 15 heavy (non-hydrogen) atoms. The van der Waals surface area contributed by atoms with Gasteiger partial charge in [-0.3, -0.25) is 0 Å². The van der Waals surface area contributed by atoms with Gasteiger partial charge in [-0.15, -0.1) is 0 Å². The molecule has 0 aromatic carbocycles. The summed E-state index contributed by atoms with van der Waals surface area (Å²) in [5, 5.41) is 0. The van der Waals surface area contributed by atoms with Crippen molar-refractivity contribution in [3.63, 3.8) is 0 Å². The van der Waals surface area contributed by atoms with E-state index in [0.29, 0.717) is 12.2 Å². The van der Waals surface area contributed by atoms with Gasteiger partial charge in [-0.05, 0) is 44.9 Å². The van der Waals surface area contributed by atoms with Gasteiger partial charge in [0.25, 0.3) is 0 Å². The van der Waals surface area contributed by atoms with Crippen LogP contribution in [-0.4, -0.2) is 31.5 Å². The quantitative estimate of drug-likeness (QED) is 0.709. The second-order valence-electron chi connectivity index (χ2n) is 4.78. The Kier molecular flexibility index (Phi) is 4.42. The first-order chi connectivity index (χ1) is 7.36. The highest BCUT2D eigenvalue weighted by molar-refractivity contribution is 4.80. The Balaban J connectivity index is 1.51. The fraction of sp³-hybridized carbons (Fsp3) is 1.00. The summed E-state index contributed by atoms with van der Waals surface area (Å²) < 4.78 is 11.4. The molecule has 0 aromatic rings. The molecule has 3 nitrogen and oxygen atoms in total. The van der Waals surface area contributed by atoms with Crippen LogP contribution in [0.15, 0.2) is 0 Å². The van der Waals surface area contributed by atoms with Crippen molar-refractivity contribution in [1.29, 1.82) is 0 Å². The van der Waals surface area contributed by atoms with Crippen LogP contribution in [0.25, 0.3) is 0 Å². The molecule has 0 amide bonds. The van der Waals surface area contributed by atoms with E-state index < -0.39 is 0 Å². The highest BCUT2D eigenvalue weighted by Crippen LogP contribution is 2.21. The first-order valence-corrected chi connectivity index (χ1v) is 6.35. The second-order valence-corrected chi connectivity index (χ2v) is 4.78. The number of hydrogen-bond acceptors (Lipinski definition) is 3. The van der Waals surface area contributed by atoms with Gasteiger partial charge in [0.05, 0.1) is 12.2 Å². The van der Waals surface area contributed by atoms with Crippen molar-refractivity contribution < 1.29 is 9.47 Å². The number of rotatable bonds is 5. The molecule has 1 aliphatic heterocycles. The van der Waals surface area contributed by atoms with Crippen LogP contribution >= 0.6 is 0 Å². The Morgan fingerprint density at radius 2 is 2.13 bits per heavy atom. The van der Waals surface area contributed by atoms with E-state index in [1.165, 1.54) is 19.3 Å². The van der Waals surface area contributed by atoms with Gasteiger partial charge in [-0.2, -0.15) is 0 Å². The predicted molar refractivity (Wildman–Crippen MR) is 59.8 cm³/mol. The van der Waals surface area contributed by atoms with Crippen LogP contribution in [0.4, 0.5) is 0 Å². The summed E-state index contributed by atoms with van der Waals surface area (Å²) in [6, 6.07) is 0.285. The third-order valence-electron chi connectivity index (χ3n) is 3.53. The van der Waals surface area contributed by atoms with Crippen LogP contribution in [0.1, 0.15) is 44.9 Å². The summed E-state index contributed by atoms with van der Waals surface area (Å²) in [5.41, 5.74) is 5.93. The molecule has 0 bridgehead atoms. The third kappa shape index (κ3) is 3.44. The average Bonchev–Trinajstić information content (AvgIpc) is 2.85. The summed E-state index contributed by atoms with van der Waals surface area (Å²) in [5.74, 6) is 0. The molecule has 0 spiro atoms. The molecule has 0 aromatic heterocycles. The maximum Gasteiger partial charge on any atom is 0.0725 e. The van der Waals surface area contributed by atoms with Crippen LogP contribution in [0.3, 0.4) is 0 Å². The smallest absolute Gasteiger partial charge is 0.0725 e. The van der Waals surface area contributed by atoms with E-state index in [-0.39, 0.29) is 6.04 Å². The fourth-order valence-electron chi connectivity index (χ4n) is 2.58. The van der Waals surface area contributed by atoms with Gasteiger partial charge >= 0.3 is 0 Å². The van der Waals surface area contributed by atoms with Gasteiger partial charge in [0, 0.05) is 19.3 Å². The highest BCUT2D eigenvalue weighted by atomic mass is 16.5. The van der Waals surface area contributed by atoms with E-state index in [1.54, 1.807) is 0 Å². The lowest BCUT2D eigenvalue weighted by atomic mass is 10.1. The van der Waals surface area contributed by atoms with Crippen molar-refractivity contribution in [3.05, 3.63) is 0 Å². The first-order valence-electron chi connectivity index (χ1n) is 6.35. The minimum atomic E-state index is 0.285. The van der Waals surface area contributed by atoms with Gasteiger partial charge in [-0.25, -0.2) is 0 Å². The minimum Gasteiger partial charge on any atom is -0.378 e. The van der Waals surface area contributed by atoms with Gasteiger partial charge in [0.15, 0.2) is 0 Å². The predicted octanol–water partition coefficient (Wildman–Crippen LogP) is 1.84. The zero-order chi connectivity index (χ0) is 10.5. The Labute approximate surface area is 92.3 Å². The molecular formula is C12H23NO2.